The van der Waals surface area contributed by atoms with Crippen LogP contribution in [0.5, 0.6) is 0 Å². The second-order valence-electron chi connectivity index (χ2n) is 3.73. The third kappa shape index (κ3) is 4.30. The molecule has 100 valence electrons. The van der Waals surface area contributed by atoms with E-state index in [0.717, 1.165) is 4.31 Å². The number of hydrogen-bond donors (Lipinski definition) is 2. The van der Waals surface area contributed by atoms with Crippen LogP contribution < -0.4 is 5.73 Å². The Bertz CT molecular complexity index is 501. The van der Waals surface area contributed by atoms with Gasteiger partial charge in [0.2, 0.25) is 10.0 Å². The molecule has 0 fully saturated rings. The molecule has 0 bridgehead atoms. The van der Waals surface area contributed by atoms with Gasteiger partial charge in [-0.15, -0.1) is 0 Å². The molecule has 0 saturated heterocycles. The molecule has 1 heterocycles. The number of aromatic nitrogens is 1. The number of hydrogen-bond acceptors (Lipinski definition) is 5. The molecule has 1 aromatic rings. The summed E-state index contributed by atoms with van der Waals surface area (Å²) in [5.41, 5.74) is 5.97. The number of sulfonamides is 1. The molecule has 0 atom stereocenters. The summed E-state index contributed by atoms with van der Waals surface area (Å²) in [6.45, 7) is -0.138. The fourth-order valence-electron chi connectivity index (χ4n) is 1.29. The summed E-state index contributed by atoms with van der Waals surface area (Å²) in [7, 11) is -2.06. The van der Waals surface area contributed by atoms with Gasteiger partial charge in [-0.25, -0.2) is 8.42 Å². The molecule has 0 aliphatic heterocycles. The Hall–Kier alpha value is -1.67. The van der Waals surface area contributed by atoms with Crippen molar-refractivity contribution in [2.24, 2.45) is 10.9 Å². The third-order valence-electron chi connectivity index (χ3n) is 2.33. The first-order valence-corrected chi connectivity index (χ1v) is 6.87. The van der Waals surface area contributed by atoms with E-state index in [-0.39, 0.29) is 18.1 Å². The van der Waals surface area contributed by atoms with E-state index >= 15 is 0 Å². The highest BCUT2D eigenvalue weighted by Crippen LogP contribution is 2.02. The van der Waals surface area contributed by atoms with Crippen molar-refractivity contribution in [1.29, 1.82) is 0 Å². The SMILES string of the molecule is CN(CC(N)=NO)S(=O)(=O)CCc1ccccn1. The first-order valence-electron chi connectivity index (χ1n) is 5.26. The lowest BCUT2D eigenvalue weighted by Gasteiger charge is -2.15. The van der Waals surface area contributed by atoms with Gasteiger partial charge in [-0.3, -0.25) is 4.98 Å². The zero-order chi connectivity index (χ0) is 13.6. The molecule has 0 aromatic carbocycles. The van der Waals surface area contributed by atoms with Gasteiger partial charge < -0.3 is 10.9 Å². The van der Waals surface area contributed by atoms with E-state index in [1.165, 1.54) is 7.05 Å². The van der Waals surface area contributed by atoms with Gasteiger partial charge in [0.15, 0.2) is 5.84 Å². The molecular formula is C10H16N4O3S. The predicted molar refractivity (Wildman–Crippen MR) is 67.8 cm³/mol. The minimum absolute atomic E-state index is 0.0702. The van der Waals surface area contributed by atoms with Crippen molar-refractivity contribution in [2.75, 3.05) is 19.3 Å². The second kappa shape index (κ2) is 6.31. The minimum Gasteiger partial charge on any atom is -0.409 e. The lowest BCUT2D eigenvalue weighted by Crippen LogP contribution is -2.37. The fraction of sp³-hybridized carbons (Fsp3) is 0.400. The van der Waals surface area contributed by atoms with Crippen LogP contribution in [0.15, 0.2) is 29.6 Å². The summed E-state index contributed by atoms with van der Waals surface area (Å²) < 4.78 is 24.8. The van der Waals surface area contributed by atoms with Crippen molar-refractivity contribution in [3.8, 4) is 0 Å². The lowest BCUT2D eigenvalue weighted by atomic mass is 10.3. The predicted octanol–water partition coefficient (Wildman–Crippen LogP) is -0.368. The number of oxime groups is 1. The molecule has 7 nitrogen and oxygen atoms in total. The molecule has 3 N–H and O–H groups in total. The quantitative estimate of drug-likeness (QED) is 0.318. The Morgan fingerprint density at radius 3 is 2.83 bits per heavy atom. The van der Waals surface area contributed by atoms with Crippen molar-refractivity contribution >= 4 is 15.9 Å². The summed E-state index contributed by atoms with van der Waals surface area (Å²) in [4.78, 5) is 4.05. The molecule has 8 heteroatoms. The standard InChI is InChI=1S/C10H16N4O3S/c1-14(8-10(11)13-15)18(16,17)7-5-9-4-2-3-6-12-9/h2-4,6,15H,5,7-8H2,1H3,(H2,11,13). The third-order valence-corrected chi connectivity index (χ3v) is 4.13. The fourth-order valence-corrected chi connectivity index (χ4v) is 2.40. The van der Waals surface area contributed by atoms with Crippen LogP contribution >= 0.6 is 0 Å². The van der Waals surface area contributed by atoms with Crippen molar-refractivity contribution in [2.45, 2.75) is 6.42 Å². The molecule has 1 aromatic heterocycles. The Morgan fingerprint density at radius 1 is 1.56 bits per heavy atom. The van der Waals surface area contributed by atoms with Crippen LogP contribution in [0, 0.1) is 0 Å². The highest BCUT2D eigenvalue weighted by atomic mass is 32.2. The van der Waals surface area contributed by atoms with E-state index in [2.05, 4.69) is 10.1 Å². The maximum atomic E-state index is 11.9. The van der Waals surface area contributed by atoms with Gasteiger partial charge in [-0.1, -0.05) is 11.2 Å². The van der Waals surface area contributed by atoms with Gasteiger partial charge in [0.25, 0.3) is 0 Å². The maximum Gasteiger partial charge on any atom is 0.214 e. The number of rotatable bonds is 6. The lowest BCUT2D eigenvalue weighted by molar-refractivity contribution is 0.315. The molecule has 18 heavy (non-hydrogen) atoms. The van der Waals surface area contributed by atoms with Crippen LogP contribution in [0.25, 0.3) is 0 Å². The Kier molecular flexibility index (Phi) is 5.05. The van der Waals surface area contributed by atoms with Crippen molar-refractivity contribution in [1.82, 2.24) is 9.29 Å². The molecule has 0 unspecified atom stereocenters. The van der Waals surface area contributed by atoms with E-state index in [1.807, 2.05) is 0 Å². The van der Waals surface area contributed by atoms with Gasteiger partial charge in [0.05, 0.1) is 12.3 Å². The largest absolute Gasteiger partial charge is 0.409 e. The Morgan fingerprint density at radius 2 is 2.28 bits per heavy atom. The average Bonchev–Trinajstić information content (AvgIpc) is 2.37. The van der Waals surface area contributed by atoms with Crippen LogP contribution in [0.4, 0.5) is 0 Å². The van der Waals surface area contributed by atoms with Crippen molar-refractivity contribution in [3.05, 3.63) is 30.1 Å². The maximum absolute atomic E-state index is 11.9. The van der Waals surface area contributed by atoms with Gasteiger partial charge in [0, 0.05) is 25.4 Å². The van der Waals surface area contributed by atoms with Crippen molar-refractivity contribution in [3.63, 3.8) is 0 Å². The summed E-state index contributed by atoms with van der Waals surface area (Å²) in [5.74, 6) is -0.224. The van der Waals surface area contributed by atoms with Gasteiger partial charge >= 0.3 is 0 Å². The number of nitrogens with zero attached hydrogens (tertiary/aromatic N) is 3. The number of pyridine rings is 1. The molecular weight excluding hydrogens is 256 g/mol. The number of amidine groups is 1. The van der Waals surface area contributed by atoms with Crippen LogP contribution in [0.1, 0.15) is 5.69 Å². The van der Waals surface area contributed by atoms with E-state index in [9.17, 15) is 8.42 Å². The highest BCUT2D eigenvalue weighted by molar-refractivity contribution is 7.89. The molecule has 0 saturated carbocycles. The monoisotopic (exact) mass is 272 g/mol. The number of likely N-dealkylation sites (N-methyl/N-ethyl adjacent to an activating group) is 1. The molecule has 1 rings (SSSR count). The summed E-state index contributed by atoms with van der Waals surface area (Å²) in [5, 5.41) is 11.1. The smallest absolute Gasteiger partial charge is 0.214 e. The van der Waals surface area contributed by atoms with E-state index in [0.29, 0.717) is 12.1 Å². The molecule has 0 radical (unpaired) electrons. The average molecular weight is 272 g/mol. The summed E-state index contributed by atoms with van der Waals surface area (Å²) in [6.07, 6.45) is 1.94. The zero-order valence-electron chi connectivity index (χ0n) is 10.0. The normalized spacial score (nSPS) is 12.9. The minimum atomic E-state index is -3.44. The second-order valence-corrected chi connectivity index (χ2v) is 5.93. The first-order chi connectivity index (χ1) is 8.45. The topological polar surface area (TPSA) is 109 Å². The molecule has 0 amide bonds. The van der Waals surface area contributed by atoms with Crippen LogP contribution in [-0.2, 0) is 16.4 Å². The van der Waals surface area contributed by atoms with Gasteiger partial charge in [-0.2, -0.15) is 4.31 Å². The van der Waals surface area contributed by atoms with Crippen LogP contribution in [0.3, 0.4) is 0 Å². The summed E-state index contributed by atoms with van der Waals surface area (Å²) in [6, 6.07) is 5.33. The van der Waals surface area contributed by atoms with Crippen LogP contribution in [0.2, 0.25) is 0 Å². The number of aryl methyl sites for hydroxylation is 1. The number of nitrogens with two attached hydrogens (primary N) is 1. The highest BCUT2D eigenvalue weighted by Gasteiger charge is 2.18. The zero-order valence-corrected chi connectivity index (χ0v) is 10.8. The van der Waals surface area contributed by atoms with Gasteiger partial charge in [-0.05, 0) is 12.1 Å². The van der Waals surface area contributed by atoms with Crippen molar-refractivity contribution < 1.29 is 13.6 Å². The van der Waals surface area contributed by atoms with E-state index in [1.54, 1.807) is 24.4 Å². The van der Waals surface area contributed by atoms with Gasteiger partial charge in [0.1, 0.15) is 0 Å². The molecule has 0 aliphatic carbocycles. The van der Waals surface area contributed by atoms with Crippen LogP contribution in [-0.4, -0.2) is 48.1 Å². The molecule has 0 spiro atoms. The Labute approximate surface area is 106 Å². The van der Waals surface area contributed by atoms with E-state index in [4.69, 9.17) is 10.9 Å². The first kappa shape index (κ1) is 14.4. The van der Waals surface area contributed by atoms with E-state index < -0.39 is 10.0 Å². The molecule has 0 aliphatic rings. The summed E-state index contributed by atoms with van der Waals surface area (Å²) >= 11 is 0. The Balaban J connectivity index is 2.60.